The summed E-state index contributed by atoms with van der Waals surface area (Å²) in [7, 11) is -1.52. The molecule has 0 saturated heterocycles. The third-order valence-corrected chi connectivity index (χ3v) is 9.76. The molecule has 0 saturated carbocycles. The van der Waals surface area contributed by atoms with Crippen LogP contribution >= 0.6 is 23.2 Å². The summed E-state index contributed by atoms with van der Waals surface area (Å²) in [5.74, 6) is 0.108. The van der Waals surface area contributed by atoms with E-state index in [2.05, 4.69) is 5.32 Å². The number of nitrogens with zero attached hydrogens (tertiary/aromatic N) is 2. The molecule has 0 unspecified atom stereocenters. The Balaban J connectivity index is 2.13. The molecule has 0 aliphatic carbocycles. The second-order valence-corrected chi connectivity index (χ2v) is 13.2. The van der Waals surface area contributed by atoms with E-state index in [1.54, 1.807) is 49.4 Å². The van der Waals surface area contributed by atoms with Crippen LogP contribution in [0.1, 0.15) is 46.1 Å². The summed E-state index contributed by atoms with van der Waals surface area (Å²) in [4.78, 5) is 29.1. The van der Waals surface area contributed by atoms with Gasteiger partial charge >= 0.3 is 0 Å². The highest BCUT2D eigenvalue weighted by Crippen LogP contribution is 2.33. The average molecular weight is 695 g/mol. The van der Waals surface area contributed by atoms with Gasteiger partial charge in [-0.1, -0.05) is 43.1 Å². The molecular weight excluding hydrogens is 653 g/mol. The number of benzene rings is 3. The van der Waals surface area contributed by atoms with Crippen LogP contribution in [0.15, 0.2) is 65.6 Å². The first-order valence-corrected chi connectivity index (χ1v) is 17.1. The topological polar surface area (TPSA) is 114 Å². The third-order valence-electron chi connectivity index (χ3n) is 7.40. The molecule has 0 aliphatic heterocycles. The smallest absolute Gasteiger partial charge is 0.264 e. The van der Waals surface area contributed by atoms with Gasteiger partial charge in [0.2, 0.25) is 11.8 Å². The summed E-state index contributed by atoms with van der Waals surface area (Å²) in [6, 6.07) is 14.4. The molecular formula is C33H41Cl2N3O7S. The Bertz CT molecular complexity index is 1600. The maximum atomic E-state index is 14.3. The van der Waals surface area contributed by atoms with Crippen molar-refractivity contribution in [2.24, 2.45) is 0 Å². The summed E-state index contributed by atoms with van der Waals surface area (Å²) in [5.41, 5.74) is 0.762. The van der Waals surface area contributed by atoms with Crippen molar-refractivity contribution < 1.29 is 32.2 Å². The molecule has 0 aromatic heterocycles. The SMILES string of the molecule is CCOc1ccc(N(CC(=O)N(Cc2ccc(Cl)cc2Cl)[C@@H](CC)C(=O)N[C@H](C)CC)S(=O)(=O)c2ccc(OC)c(OC)c2)cc1. The second kappa shape index (κ2) is 16.8. The maximum Gasteiger partial charge on any atom is 0.264 e. The van der Waals surface area contributed by atoms with Crippen molar-refractivity contribution in [1.29, 1.82) is 0 Å². The third kappa shape index (κ3) is 8.98. The second-order valence-electron chi connectivity index (χ2n) is 10.5. The maximum absolute atomic E-state index is 14.3. The predicted molar refractivity (Wildman–Crippen MR) is 181 cm³/mol. The van der Waals surface area contributed by atoms with E-state index < -0.39 is 28.5 Å². The van der Waals surface area contributed by atoms with E-state index in [4.69, 9.17) is 37.4 Å². The van der Waals surface area contributed by atoms with Crippen LogP contribution in [0, 0.1) is 0 Å². The van der Waals surface area contributed by atoms with Crippen LogP contribution in [0.4, 0.5) is 5.69 Å². The summed E-state index contributed by atoms with van der Waals surface area (Å²) in [6.07, 6.45) is 0.957. The number of carbonyl (C=O) groups is 2. The number of hydrogen-bond acceptors (Lipinski definition) is 7. The number of rotatable bonds is 16. The van der Waals surface area contributed by atoms with Gasteiger partial charge in [-0.25, -0.2) is 8.42 Å². The molecule has 0 spiro atoms. The normalized spacial score (nSPS) is 12.5. The van der Waals surface area contributed by atoms with Crippen molar-refractivity contribution in [1.82, 2.24) is 10.2 Å². The van der Waals surface area contributed by atoms with E-state index >= 15 is 0 Å². The van der Waals surface area contributed by atoms with Crippen molar-refractivity contribution in [3.05, 3.63) is 76.3 Å². The van der Waals surface area contributed by atoms with Crippen LogP contribution in [0.2, 0.25) is 10.0 Å². The molecule has 0 bridgehead atoms. The monoisotopic (exact) mass is 693 g/mol. The first-order valence-electron chi connectivity index (χ1n) is 14.9. The Morgan fingerprint density at radius 1 is 0.891 bits per heavy atom. The van der Waals surface area contributed by atoms with Crippen molar-refractivity contribution in [3.63, 3.8) is 0 Å². The Kier molecular flexibility index (Phi) is 13.4. The van der Waals surface area contributed by atoms with E-state index in [1.807, 2.05) is 20.8 Å². The van der Waals surface area contributed by atoms with Crippen LogP contribution in [-0.2, 0) is 26.2 Å². The zero-order chi connectivity index (χ0) is 34.0. The minimum Gasteiger partial charge on any atom is -0.494 e. The van der Waals surface area contributed by atoms with Gasteiger partial charge in [-0.15, -0.1) is 0 Å². The highest BCUT2D eigenvalue weighted by atomic mass is 35.5. The lowest BCUT2D eigenvalue weighted by Crippen LogP contribution is -2.53. The molecule has 46 heavy (non-hydrogen) atoms. The van der Waals surface area contributed by atoms with Gasteiger partial charge in [0.05, 0.1) is 31.4 Å². The number of sulfonamides is 1. The lowest BCUT2D eigenvalue weighted by molar-refractivity contribution is -0.140. The molecule has 2 amide bonds. The number of ether oxygens (including phenoxy) is 3. The molecule has 13 heteroatoms. The Morgan fingerprint density at radius 3 is 2.13 bits per heavy atom. The van der Waals surface area contributed by atoms with Crippen molar-refractivity contribution in [3.8, 4) is 17.2 Å². The van der Waals surface area contributed by atoms with Gasteiger partial charge in [-0.2, -0.15) is 0 Å². The number of amides is 2. The number of carbonyl (C=O) groups excluding carboxylic acids is 2. The summed E-state index contributed by atoms with van der Waals surface area (Å²) < 4.78 is 45.8. The molecule has 0 heterocycles. The van der Waals surface area contributed by atoms with E-state index in [-0.39, 0.29) is 41.2 Å². The van der Waals surface area contributed by atoms with Gasteiger partial charge in [0.15, 0.2) is 11.5 Å². The van der Waals surface area contributed by atoms with Crippen LogP contribution in [0.25, 0.3) is 0 Å². The molecule has 0 radical (unpaired) electrons. The number of nitrogens with one attached hydrogen (secondary N) is 1. The van der Waals surface area contributed by atoms with E-state index in [0.29, 0.717) is 40.1 Å². The van der Waals surface area contributed by atoms with Crippen LogP contribution in [0.5, 0.6) is 17.2 Å². The quantitative estimate of drug-likeness (QED) is 0.187. The van der Waals surface area contributed by atoms with Gasteiger partial charge in [-0.05, 0) is 80.8 Å². The molecule has 1 N–H and O–H groups in total. The van der Waals surface area contributed by atoms with Gasteiger partial charge in [0.25, 0.3) is 10.0 Å². The van der Waals surface area contributed by atoms with Gasteiger partial charge in [0.1, 0.15) is 18.3 Å². The first kappa shape index (κ1) is 36.8. The Labute approximate surface area is 281 Å². The minimum atomic E-state index is -4.36. The Hall–Kier alpha value is -3.67. The number of halogens is 2. The zero-order valence-corrected chi connectivity index (χ0v) is 29.2. The molecule has 3 aromatic carbocycles. The Morgan fingerprint density at radius 2 is 1.57 bits per heavy atom. The predicted octanol–water partition coefficient (Wildman–Crippen LogP) is 6.33. The van der Waals surface area contributed by atoms with Gasteiger partial charge in [-0.3, -0.25) is 13.9 Å². The average Bonchev–Trinajstić information content (AvgIpc) is 3.04. The van der Waals surface area contributed by atoms with E-state index in [0.717, 1.165) is 4.31 Å². The lowest BCUT2D eigenvalue weighted by Gasteiger charge is -2.34. The van der Waals surface area contributed by atoms with E-state index in [1.165, 1.54) is 37.3 Å². The van der Waals surface area contributed by atoms with E-state index in [9.17, 15) is 18.0 Å². The lowest BCUT2D eigenvalue weighted by atomic mass is 10.1. The summed E-state index contributed by atoms with van der Waals surface area (Å²) >= 11 is 12.6. The summed E-state index contributed by atoms with van der Waals surface area (Å²) in [5, 5.41) is 3.67. The van der Waals surface area contributed by atoms with Crippen LogP contribution in [0.3, 0.4) is 0 Å². The number of hydrogen-bond donors (Lipinski definition) is 1. The molecule has 0 aliphatic rings. The largest absolute Gasteiger partial charge is 0.494 e. The molecule has 3 rings (SSSR count). The van der Waals surface area contributed by atoms with Crippen molar-refractivity contribution in [2.45, 2.75) is 64.1 Å². The molecule has 10 nitrogen and oxygen atoms in total. The highest BCUT2D eigenvalue weighted by molar-refractivity contribution is 7.92. The zero-order valence-electron chi connectivity index (χ0n) is 26.9. The standard InChI is InChI=1S/C33H41Cl2N3O7S/c1-7-22(4)36-33(40)29(8-2)37(20-23-10-11-24(34)18-28(23)35)32(39)21-38(25-12-14-26(15-13-25)45-9-3)46(41,42)27-16-17-30(43-5)31(19-27)44-6/h10-19,22,29H,7-9,20-21H2,1-6H3,(H,36,40)/t22-,29+/m1/s1. The number of anilines is 1. The summed E-state index contributed by atoms with van der Waals surface area (Å²) in [6.45, 7) is 7.17. The molecule has 250 valence electrons. The van der Waals surface area contributed by atoms with Gasteiger partial charge < -0.3 is 24.4 Å². The molecule has 0 fully saturated rings. The van der Waals surface area contributed by atoms with Crippen molar-refractivity contribution >= 4 is 50.7 Å². The van der Waals surface area contributed by atoms with Crippen LogP contribution < -0.4 is 23.8 Å². The fraction of sp³-hybridized carbons (Fsp3) is 0.394. The fourth-order valence-electron chi connectivity index (χ4n) is 4.70. The fourth-order valence-corrected chi connectivity index (χ4v) is 6.60. The molecule has 3 aromatic rings. The minimum absolute atomic E-state index is 0.0607. The molecule has 2 atom stereocenters. The van der Waals surface area contributed by atoms with Gasteiger partial charge in [0, 0.05) is 28.7 Å². The van der Waals surface area contributed by atoms with Crippen molar-refractivity contribution in [2.75, 3.05) is 31.7 Å². The van der Waals surface area contributed by atoms with Crippen LogP contribution in [-0.4, -0.2) is 64.6 Å². The first-order chi connectivity index (χ1) is 21.9. The number of methoxy groups -OCH3 is 2. The highest BCUT2D eigenvalue weighted by Gasteiger charge is 2.34.